The fraction of sp³-hybridized carbons (Fsp3) is 0.444. The Balaban J connectivity index is 1.53. The molecule has 1 heterocycles. The van der Waals surface area contributed by atoms with Crippen LogP contribution in [0.15, 0.2) is 35.7 Å². The van der Waals surface area contributed by atoms with Crippen molar-refractivity contribution in [3.63, 3.8) is 0 Å². The summed E-state index contributed by atoms with van der Waals surface area (Å²) >= 11 is 7.98. The fourth-order valence-electron chi connectivity index (χ4n) is 3.01. The van der Waals surface area contributed by atoms with Gasteiger partial charge in [0.25, 0.3) is 5.91 Å². The third kappa shape index (κ3) is 4.50. The van der Waals surface area contributed by atoms with Gasteiger partial charge in [-0.25, -0.2) is 4.98 Å². The predicted molar refractivity (Wildman–Crippen MR) is 101 cm³/mol. The first-order chi connectivity index (χ1) is 12.1. The molecule has 0 radical (unpaired) electrons. The standard InChI is InChI=1S/C18H22ClN3O2S/c1-22-10-9-20-18(22)25-14-6-3-12(4-7-14)21-17(23)15-11-13(24-2)5-8-16(15)19/h5,8-12,14H,3-4,6-7H2,1-2H3,(H,21,23). The van der Waals surface area contributed by atoms with Gasteiger partial charge in [0.05, 0.1) is 17.7 Å². The lowest BCUT2D eigenvalue weighted by Crippen LogP contribution is -2.38. The molecule has 1 aromatic carbocycles. The van der Waals surface area contributed by atoms with Gasteiger partial charge in [-0.3, -0.25) is 4.79 Å². The number of nitrogens with one attached hydrogen (secondary N) is 1. The molecule has 25 heavy (non-hydrogen) atoms. The minimum absolute atomic E-state index is 0.135. The number of aryl methyl sites for hydroxylation is 1. The molecule has 1 aliphatic rings. The predicted octanol–water partition coefficient (Wildman–Crippen LogP) is 3.92. The maximum atomic E-state index is 12.5. The number of rotatable bonds is 5. The Kier molecular flexibility index (Phi) is 5.91. The highest BCUT2D eigenvalue weighted by molar-refractivity contribution is 7.99. The van der Waals surface area contributed by atoms with Crippen LogP contribution in [-0.4, -0.2) is 33.9 Å². The molecule has 1 N–H and O–H groups in total. The highest BCUT2D eigenvalue weighted by Gasteiger charge is 2.25. The monoisotopic (exact) mass is 379 g/mol. The Morgan fingerprint density at radius 2 is 2.12 bits per heavy atom. The fourth-order valence-corrected chi connectivity index (χ4v) is 4.37. The normalized spacial score (nSPS) is 20.3. The quantitative estimate of drug-likeness (QED) is 0.855. The molecular formula is C18H22ClN3O2S. The van der Waals surface area contributed by atoms with Gasteiger partial charge in [-0.05, 0) is 43.9 Å². The zero-order valence-electron chi connectivity index (χ0n) is 14.4. The molecule has 0 atom stereocenters. The lowest BCUT2D eigenvalue weighted by molar-refractivity contribution is 0.0928. The van der Waals surface area contributed by atoms with Crippen molar-refractivity contribution in [2.24, 2.45) is 7.05 Å². The van der Waals surface area contributed by atoms with E-state index in [1.54, 1.807) is 25.3 Å². The molecule has 1 aromatic heterocycles. The molecule has 1 aliphatic carbocycles. The summed E-state index contributed by atoms with van der Waals surface area (Å²) in [5.41, 5.74) is 0.463. The third-order valence-electron chi connectivity index (χ3n) is 4.48. The van der Waals surface area contributed by atoms with E-state index in [9.17, 15) is 4.79 Å². The molecular weight excluding hydrogens is 358 g/mol. The molecule has 0 saturated heterocycles. The number of amides is 1. The molecule has 0 bridgehead atoms. The molecule has 0 spiro atoms. The summed E-state index contributed by atoms with van der Waals surface area (Å²) in [5.74, 6) is 0.494. The molecule has 1 saturated carbocycles. The van der Waals surface area contributed by atoms with E-state index in [1.807, 2.05) is 35.8 Å². The number of hydrogen-bond donors (Lipinski definition) is 1. The van der Waals surface area contributed by atoms with Gasteiger partial charge in [-0.15, -0.1) is 0 Å². The van der Waals surface area contributed by atoms with Crippen molar-refractivity contribution in [2.45, 2.75) is 42.1 Å². The van der Waals surface area contributed by atoms with Crippen molar-refractivity contribution >= 4 is 29.3 Å². The molecule has 3 rings (SSSR count). The Hall–Kier alpha value is -1.66. The van der Waals surface area contributed by atoms with E-state index in [0.29, 0.717) is 21.6 Å². The maximum absolute atomic E-state index is 12.5. The second-order valence-electron chi connectivity index (χ2n) is 6.23. The van der Waals surface area contributed by atoms with Gasteiger partial charge in [-0.2, -0.15) is 0 Å². The summed E-state index contributed by atoms with van der Waals surface area (Å²) in [4.78, 5) is 16.9. The number of benzene rings is 1. The van der Waals surface area contributed by atoms with Crippen molar-refractivity contribution in [3.05, 3.63) is 41.2 Å². The van der Waals surface area contributed by atoms with E-state index in [1.165, 1.54) is 0 Å². The second kappa shape index (κ2) is 8.15. The van der Waals surface area contributed by atoms with Crippen molar-refractivity contribution in [2.75, 3.05) is 7.11 Å². The van der Waals surface area contributed by atoms with Gasteiger partial charge in [0, 0.05) is 30.7 Å². The first-order valence-corrected chi connectivity index (χ1v) is 9.61. The van der Waals surface area contributed by atoms with Crippen LogP contribution < -0.4 is 10.1 Å². The molecule has 0 unspecified atom stereocenters. The van der Waals surface area contributed by atoms with Gasteiger partial charge in [0.2, 0.25) is 0 Å². The first-order valence-electron chi connectivity index (χ1n) is 8.35. The SMILES string of the molecule is COc1ccc(Cl)c(C(=O)NC2CCC(Sc3nccn3C)CC2)c1. The van der Waals surface area contributed by atoms with Crippen LogP contribution in [-0.2, 0) is 7.05 Å². The third-order valence-corrected chi connectivity index (χ3v) is 6.22. The number of imidazole rings is 1. The first kappa shape index (κ1) is 18.1. The van der Waals surface area contributed by atoms with E-state index in [-0.39, 0.29) is 11.9 Å². The highest BCUT2D eigenvalue weighted by atomic mass is 35.5. The molecule has 0 aliphatic heterocycles. The van der Waals surface area contributed by atoms with Crippen LogP contribution in [0.1, 0.15) is 36.0 Å². The topological polar surface area (TPSA) is 56.1 Å². The molecule has 1 fully saturated rings. The Bertz CT molecular complexity index is 742. The largest absolute Gasteiger partial charge is 0.497 e. The number of halogens is 1. The zero-order chi connectivity index (χ0) is 17.8. The van der Waals surface area contributed by atoms with Crippen LogP contribution in [0.3, 0.4) is 0 Å². The summed E-state index contributed by atoms with van der Waals surface area (Å²) in [6, 6.07) is 5.31. The molecule has 7 heteroatoms. The summed E-state index contributed by atoms with van der Waals surface area (Å²) in [7, 11) is 3.59. The van der Waals surface area contributed by atoms with Crippen LogP contribution in [0.25, 0.3) is 0 Å². The van der Waals surface area contributed by atoms with E-state index >= 15 is 0 Å². The van der Waals surface area contributed by atoms with Gasteiger partial charge < -0.3 is 14.6 Å². The van der Waals surface area contributed by atoms with Gasteiger partial charge in [0.15, 0.2) is 5.16 Å². The minimum Gasteiger partial charge on any atom is -0.497 e. The van der Waals surface area contributed by atoms with Crippen LogP contribution in [0.2, 0.25) is 5.02 Å². The summed E-state index contributed by atoms with van der Waals surface area (Å²) in [6.07, 6.45) is 7.85. The Morgan fingerprint density at radius 1 is 1.36 bits per heavy atom. The maximum Gasteiger partial charge on any atom is 0.253 e. The smallest absolute Gasteiger partial charge is 0.253 e. The lowest BCUT2D eigenvalue weighted by Gasteiger charge is -2.28. The lowest BCUT2D eigenvalue weighted by atomic mass is 9.94. The van der Waals surface area contributed by atoms with Crippen molar-refractivity contribution in [1.29, 1.82) is 0 Å². The van der Waals surface area contributed by atoms with Gasteiger partial charge in [-0.1, -0.05) is 23.4 Å². The zero-order valence-corrected chi connectivity index (χ0v) is 15.9. The number of carbonyl (C=O) groups excluding carboxylic acids is 1. The van der Waals surface area contributed by atoms with Crippen LogP contribution in [0, 0.1) is 0 Å². The number of ether oxygens (including phenoxy) is 1. The number of methoxy groups -OCH3 is 1. The number of nitrogens with zero attached hydrogens (tertiary/aromatic N) is 2. The van der Waals surface area contributed by atoms with Crippen molar-refractivity contribution in [1.82, 2.24) is 14.9 Å². The average Bonchev–Trinajstić information content (AvgIpc) is 3.02. The van der Waals surface area contributed by atoms with Crippen LogP contribution >= 0.6 is 23.4 Å². The second-order valence-corrected chi connectivity index (χ2v) is 7.91. The minimum atomic E-state index is -0.135. The van der Waals surface area contributed by atoms with E-state index in [2.05, 4.69) is 10.3 Å². The van der Waals surface area contributed by atoms with Crippen LogP contribution in [0.4, 0.5) is 0 Å². The van der Waals surface area contributed by atoms with Crippen LogP contribution in [0.5, 0.6) is 5.75 Å². The summed E-state index contributed by atoms with van der Waals surface area (Å²) in [6.45, 7) is 0. The molecule has 2 aromatic rings. The Labute approximate surface area is 157 Å². The molecule has 134 valence electrons. The van der Waals surface area contributed by atoms with Crippen molar-refractivity contribution in [3.8, 4) is 5.75 Å². The Morgan fingerprint density at radius 3 is 2.76 bits per heavy atom. The highest BCUT2D eigenvalue weighted by Crippen LogP contribution is 2.33. The van der Waals surface area contributed by atoms with E-state index in [0.717, 1.165) is 30.8 Å². The summed E-state index contributed by atoms with van der Waals surface area (Å²) < 4.78 is 7.22. The molecule has 1 amide bonds. The van der Waals surface area contributed by atoms with E-state index in [4.69, 9.17) is 16.3 Å². The number of aromatic nitrogens is 2. The average molecular weight is 380 g/mol. The number of carbonyl (C=O) groups is 1. The number of thioether (sulfide) groups is 1. The number of hydrogen-bond acceptors (Lipinski definition) is 4. The molecule has 5 nitrogen and oxygen atoms in total. The van der Waals surface area contributed by atoms with Crippen molar-refractivity contribution < 1.29 is 9.53 Å². The van der Waals surface area contributed by atoms with Gasteiger partial charge >= 0.3 is 0 Å². The summed E-state index contributed by atoms with van der Waals surface area (Å²) in [5, 5.41) is 5.15. The van der Waals surface area contributed by atoms with E-state index < -0.39 is 0 Å². The van der Waals surface area contributed by atoms with Gasteiger partial charge in [0.1, 0.15) is 5.75 Å².